The lowest BCUT2D eigenvalue weighted by molar-refractivity contribution is 0.0463. The van der Waals surface area contributed by atoms with Crippen molar-refractivity contribution in [2.45, 2.75) is 6.61 Å². The van der Waals surface area contributed by atoms with Crippen molar-refractivity contribution in [3.8, 4) is 11.3 Å². The van der Waals surface area contributed by atoms with E-state index in [1.807, 2.05) is 0 Å². The summed E-state index contributed by atoms with van der Waals surface area (Å²) in [6, 6.07) is 13.3. The van der Waals surface area contributed by atoms with Crippen molar-refractivity contribution in [2.75, 3.05) is 7.11 Å². The lowest BCUT2D eigenvalue weighted by atomic mass is 10.1. The third kappa shape index (κ3) is 3.94. The van der Waals surface area contributed by atoms with Gasteiger partial charge >= 0.3 is 11.9 Å². The first-order valence-corrected chi connectivity index (χ1v) is 7.64. The van der Waals surface area contributed by atoms with Crippen LogP contribution in [-0.4, -0.2) is 24.2 Å². The molecule has 0 saturated heterocycles. The molecule has 0 fully saturated rings. The maximum atomic E-state index is 12.9. The van der Waals surface area contributed by atoms with Gasteiger partial charge in [0.2, 0.25) is 0 Å². The zero-order valence-corrected chi connectivity index (χ0v) is 13.8. The van der Waals surface area contributed by atoms with Gasteiger partial charge in [-0.05, 0) is 48.5 Å². The first-order valence-electron chi connectivity index (χ1n) is 7.64. The van der Waals surface area contributed by atoms with Crippen LogP contribution in [0, 0.1) is 5.82 Å². The van der Waals surface area contributed by atoms with Crippen LogP contribution in [0.3, 0.4) is 0 Å². The first-order chi connectivity index (χ1) is 12.6. The molecule has 0 unspecified atom stereocenters. The highest BCUT2D eigenvalue weighted by Gasteiger charge is 2.12. The highest BCUT2D eigenvalue weighted by atomic mass is 19.1. The Kier molecular flexibility index (Phi) is 5.07. The Morgan fingerprint density at radius 2 is 1.62 bits per heavy atom. The molecule has 0 aliphatic carbocycles. The highest BCUT2D eigenvalue weighted by Crippen LogP contribution is 2.21. The van der Waals surface area contributed by atoms with Gasteiger partial charge in [0.25, 0.3) is 0 Å². The molecule has 3 rings (SSSR count). The van der Waals surface area contributed by atoms with E-state index in [0.29, 0.717) is 28.1 Å². The number of hydrogen-bond donors (Lipinski definition) is 0. The molecule has 0 bridgehead atoms. The minimum absolute atomic E-state index is 0.0811. The Bertz CT molecular complexity index is 916. The number of methoxy groups -OCH3 is 1. The van der Waals surface area contributed by atoms with Crippen molar-refractivity contribution in [3.63, 3.8) is 0 Å². The van der Waals surface area contributed by atoms with Crippen LogP contribution >= 0.6 is 0 Å². The van der Waals surface area contributed by atoms with E-state index in [-0.39, 0.29) is 12.4 Å². The largest absolute Gasteiger partial charge is 0.465 e. The Hall–Kier alpha value is -3.48. The Morgan fingerprint density at radius 1 is 1.00 bits per heavy atom. The number of hydrogen-bond acceptors (Lipinski definition) is 6. The quantitative estimate of drug-likeness (QED) is 0.651. The molecular formula is C19H14FNO5. The van der Waals surface area contributed by atoms with Gasteiger partial charge in [-0.3, -0.25) is 0 Å². The summed E-state index contributed by atoms with van der Waals surface area (Å²) in [7, 11) is 1.28. The van der Waals surface area contributed by atoms with E-state index in [1.165, 1.54) is 43.5 Å². The number of halogens is 1. The van der Waals surface area contributed by atoms with Crippen molar-refractivity contribution in [3.05, 3.63) is 77.2 Å². The van der Waals surface area contributed by atoms with Gasteiger partial charge in [-0.1, -0.05) is 5.16 Å². The number of rotatable bonds is 5. The Morgan fingerprint density at radius 3 is 2.23 bits per heavy atom. The molecule has 132 valence electrons. The molecule has 0 aliphatic rings. The molecule has 0 amide bonds. The Balaban J connectivity index is 1.61. The number of carbonyl (C=O) groups is 2. The van der Waals surface area contributed by atoms with Gasteiger partial charge in [-0.25, -0.2) is 14.0 Å². The van der Waals surface area contributed by atoms with E-state index in [2.05, 4.69) is 9.89 Å². The van der Waals surface area contributed by atoms with Gasteiger partial charge < -0.3 is 14.0 Å². The van der Waals surface area contributed by atoms with Crippen LogP contribution in [-0.2, 0) is 16.1 Å². The number of ether oxygens (including phenoxy) is 2. The van der Waals surface area contributed by atoms with Crippen LogP contribution in [0.4, 0.5) is 4.39 Å². The molecule has 7 heteroatoms. The van der Waals surface area contributed by atoms with Crippen molar-refractivity contribution >= 4 is 11.9 Å². The zero-order chi connectivity index (χ0) is 18.5. The number of esters is 2. The van der Waals surface area contributed by atoms with Crippen LogP contribution in [0.2, 0.25) is 0 Å². The lowest BCUT2D eigenvalue weighted by Gasteiger charge is -2.03. The normalized spacial score (nSPS) is 10.4. The van der Waals surface area contributed by atoms with Crippen molar-refractivity contribution in [1.82, 2.24) is 5.16 Å². The van der Waals surface area contributed by atoms with E-state index >= 15 is 0 Å². The minimum atomic E-state index is -0.562. The van der Waals surface area contributed by atoms with Crippen molar-refractivity contribution in [1.29, 1.82) is 0 Å². The molecule has 0 spiro atoms. The van der Waals surface area contributed by atoms with Crippen LogP contribution in [0.5, 0.6) is 0 Å². The van der Waals surface area contributed by atoms with Crippen molar-refractivity contribution < 1.29 is 28.0 Å². The van der Waals surface area contributed by atoms with E-state index < -0.39 is 11.9 Å². The third-order valence-corrected chi connectivity index (χ3v) is 3.58. The summed E-state index contributed by atoms with van der Waals surface area (Å²) in [5.41, 5.74) is 1.71. The molecular weight excluding hydrogens is 341 g/mol. The van der Waals surface area contributed by atoms with Gasteiger partial charge in [-0.15, -0.1) is 0 Å². The van der Waals surface area contributed by atoms with Crippen LogP contribution in [0.25, 0.3) is 11.3 Å². The predicted molar refractivity (Wildman–Crippen MR) is 88.8 cm³/mol. The third-order valence-electron chi connectivity index (χ3n) is 3.58. The molecule has 26 heavy (non-hydrogen) atoms. The monoisotopic (exact) mass is 355 g/mol. The topological polar surface area (TPSA) is 78.6 Å². The van der Waals surface area contributed by atoms with Gasteiger partial charge in [0, 0.05) is 11.6 Å². The van der Waals surface area contributed by atoms with Gasteiger partial charge in [0.05, 0.1) is 18.2 Å². The molecule has 0 saturated carbocycles. The van der Waals surface area contributed by atoms with E-state index in [1.54, 1.807) is 18.2 Å². The summed E-state index contributed by atoms with van der Waals surface area (Å²) >= 11 is 0. The van der Waals surface area contributed by atoms with E-state index in [9.17, 15) is 14.0 Å². The van der Waals surface area contributed by atoms with Crippen molar-refractivity contribution in [2.24, 2.45) is 0 Å². The molecule has 1 aromatic heterocycles. The summed E-state index contributed by atoms with van der Waals surface area (Å²) in [6.07, 6.45) is 0. The van der Waals surface area contributed by atoms with Crippen LogP contribution in [0.15, 0.2) is 59.1 Å². The fourth-order valence-electron chi connectivity index (χ4n) is 2.21. The highest BCUT2D eigenvalue weighted by molar-refractivity contribution is 5.93. The molecule has 0 N–H and O–H groups in total. The standard InChI is InChI=1S/C19H14FNO5/c1-24-18(22)13-2-4-14(5-3-13)19(23)25-11-16-10-17(26-21-16)12-6-8-15(20)9-7-12/h2-10H,11H2,1H3. The zero-order valence-electron chi connectivity index (χ0n) is 13.8. The fourth-order valence-corrected chi connectivity index (χ4v) is 2.21. The average Bonchev–Trinajstić information content (AvgIpc) is 3.15. The molecule has 3 aromatic rings. The molecule has 6 nitrogen and oxygen atoms in total. The lowest BCUT2D eigenvalue weighted by Crippen LogP contribution is -2.07. The second-order valence-corrected chi connectivity index (χ2v) is 5.33. The smallest absolute Gasteiger partial charge is 0.338 e. The fraction of sp³-hybridized carbons (Fsp3) is 0.105. The van der Waals surface area contributed by atoms with Crippen LogP contribution in [0.1, 0.15) is 26.4 Å². The van der Waals surface area contributed by atoms with Gasteiger partial charge in [0.15, 0.2) is 5.76 Å². The molecule has 0 radical (unpaired) electrons. The summed E-state index contributed by atoms with van der Waals surface area (Å²) in [5, 5.41) is 3.82. The summed E-state index contributed by atoms with van der Waals surface area (Å²) in [4.78, 5) is 23.4. The maximum absolute atomic E-state index is 12.9. The first kappa shape index (κ1) is 17.3. The molecule has 0 atom stereocenters. The van der Waals surface area contributed by atoms with Gasteiger partial charge in [0.1, 0.15) is 18.1 Å². The SMILES string of the molecule is COC(=O)c1ccc(C(=O)OCc2cc(-c3ccc(F)cc3)on2)cc1. The predicted octanol–water partition coefficient (Wildman–Crippen LogP) is 3.62. The number of nitrogens with zero attached hydrogens (tertiary/aromatic N) is 1. The molecule has 1 heterocycles. The Labute approximate surface area is 148 Å². The second kappa shape index (κ2) is 7.60. The van der Waals surface area contributed by atoms with Crippen LogP contribution < -0.4 is 0 Å². The van der Waals surface area contributed by atoms with E-state index in [0.717, 1.165) is 0 Å². The summed E-state index contributed by atoms with van der Waals surface area (Å²) < 4.78 is 27.9. The number of aromatic nitrogens is 1. The number of carbonyl (C=O) groups excluding carboxylic acids is 2. The maximum Gasteiger partial charge on any atom is 0.338 e. The number of benzene rings is 2. The second-order valence-electron chi connectivity index (χ2n) is 5.33. The minimum Gasteiger partial charge on any atom is -0.465 e. The summed E-state index contributed by atoms with van der Waals surface area (Å²) in [5.74, 6) is -0.951. The summed E-state index contributed by atoms with van der Waals surface area (Å²) in [6.45, 7) is -0.0811. The average molecular weight is 355 g/mol. The van der Waals surface area contributed by atoms with E-state index in [4.69, 9.17) is 9.26 Å². The van der Waals surface area contributed by atoms with Gasteiger partial charge in [-0.2, -0.15) is 0 Å². The molecule has 0 aliphatic heterocycles. The molecule has 2 aromatic carbocycles.